The first-order valence-corrected chi connectivity index (χ1v) is 5.56. The zero-order chi connectivity index (χ0) is 11.4. The predicted octanol–water partition coefficient (Wildman–Crippen LogP) is 2.16. The highest BCUT2D eigenvalue weighted by molar-refractivity contribution is 5.50. The van der Waals surface area contributed by atoms with Gasteiger partial charge in [-0.2, -0.15) is 5.10 Å². The molecule has 5 nitrogen and oxygen atoms in total. The zero-order valence-electron chi connectivity index (χ0n) is 9.72. The molecule has 0 saturated carbocycles. The Kier molecular flexibility index (Phi) is 3.24. The average Bonchev–Trinajstić information content (AvgIpc) is 2.86. The summed E-state index contributed by atoms with van der Waals surface area (Å²) in [4.78, 5) is 4.29. The highest BCUT2D eigenvalue weighted by atomic mass is 15.3. The van der Waals surface area contributed by atoms with Crippen molar-refractivity contribution in [2.24, 2.45) is 7.05 Å². The Morgan fingerprint density at radius 1 is 1.44 bits per heavy atom. The average molecular weight is 219 g/mol. The van der Waals surface area contributed by atoms with E-state index in [0.29, 0.717) is 0 Å². The topological polar surface area (TPSA) is 47.7 Å². The Hall–Kier alpha value is -1.78. The third-order valence-corrected chi connectivity index (χ3v) is 2.43. The quantitative estimate of drug-likeness (QED) is 0.838. The van der Waals surface area contributed by atoms with Crippen molar-refractivity contribution in [2.45, 2.75) is 26.3 Å². The Balaban J connectivity index is 2.06. The van der Waals surface area contributed by atoms with Crippen molar-refractivity contribution in [1.82, 2.24) is 19.3 Å². The molecule has 0 amide bonds. The summed E-state index contributed by atoms with van der Waals surface area (Å²) in [5.41, 5.74) is 0.964. The van der Waals surface area contributed by atoms with Crippen LogP contribution < -0.4 is 5.32 Å². The van der Waals surface area contributed by atoms with Gasteiger partial charge in [-0.25, -0.2) is 4.98 Å². The third-order valence-electron chi connectivity index (χ3n) is 2.43. The summed E-state index contributed by atoms with van der Waals surface area (Å²) in [7, 11) is 1.90. The predicted molar refractivity (Wildman–Crippen MR) is 63.6 cm³/mol. The molecule has 0 unspecified atom stereocenters. The molecule has 1 N–H and O–H groups in total. The number of nitrogens with one attached hydrogen (secondary N) is 1. The van der Waals surface area contributed by atoms with Crippen LogP contribution in [0.5, 0.6) is 0 Å². The molecular formula is C11H17N5. The molecule has 2 rings (SSSR count). The van der Waals surface area contributed by atoms with E-state index in [4.69, 9.17) is 0 Å². The highest BCUT2D eigenvalue weighted by Crippen LogP contribution is 2.14. The molecule has 0 saturated heterocycles. The highest BCUT2D eigenvalue weighted by Gasteiger charge is 2.03. The number of unbranched alkanes of at least 4 members (excludes halogenated alkanes) is 1. The van der Waals surface area contributed by atoms with Crippen molar-refractivity contribution >= 4 is 11.6 Å². The SMILES string of the molecule is CCCCn1ccnc1Nc1cnn(C)c1. The van der Waals surface area contributed by atoms with Gasteiger partial charge in [0, 0.05) is 32.2 Å². The Morgan fingerprint density at radius 3 is 3.00 bits per heavy atom. The van der Waals surface area contributed by atoms with Gasteiger partial charge in [-0.05, 0) is 6.42 Å². The van der Waals surface area contributed by atoms with Crippen molar-refractivity contribution in [3.8, 4) is 0 Å². The maximum absolute atomic E-state index is 4.29. The molecule has 0 aliphatic rings. The van der Waals surface area contributed by atoms with Crippen LogP contribution in [0.1, 0.15) is 19.8 Å². The number of aryl methyl sites for hydroxylation is 2. The second kappa shape index (κ2) is 4.83. The van der Waals surface area contributed by atoms with Crippen LogP contribution in [0.2, 0.25) is 0 Å². The van der Waals surface area contributed by atoms with Crippen molar-refractivity contribution in [2.75, 3.05) is 5.32 Å². The Labute approximate surface area is 95.1 Å². The summed E-state index contributed by atoms with van der Waals surface area (Å²) in [6, 6.07) is 0. The monoisotopic (exact) mass is 219 g/mol. The van der Waals surface area contributed by atoms with E-state index in [1.54, 1.807) is 10.9 Å². The van der Waals surface area contributed by atoms with Gasteiger partial charge in [0.05, 0.1) is 11.9 Å². The van der Waals surface area contributed by atoms with Gasteiger partial charge in [-0.15, -0.1) is 0 Å². The second-order valence-corrected chi connectivity index (χ2v) is 3.83. The molecule has 0 atom stereocenters. The molecule has 0 bridgehead atoms. The lowest BCUT2D eigenvalue weighted by Gasteiger charge is -2.07. The molecule has 0 radical (unpaired) electrons. The van der Waals surface area contributed by atoms with E-state index in [1.165, 1.54) is 6.42 Å². The van der Waals surface area contributed by atoms with E-state index in [1.807, 2.05) is 25.6 Å². The van der Waals surface area contributed by atoms with Crippen LogP contribution in [-0.4, -0.2) is 19.3 Å². The number of aromatic nitrogens is 4. The van der Waals surface area contributed by atoms with Crippen LogP contribution in [0, 0.1) is 0 Å². The first-order chi connectivity index (χ1) is 7.79. The summed E-state index contributed by atoms with van der Waals surface area (Å²) in [6.45, 7) is 3.18. The minimum atomic E-state index is 0.876. The molecule has 0 aliphatic carbocycles. The summed E-state index contributed by atoms with van der Waals surface area (Å²) in [5.74, 6) is 0.876. The number of rotatable bonds is 5. The lowest BCUT2D eigenvalue weighted by molar-refractivity contribution is 0.638. The van der Waals surface area contributed by atoms with E-state index in [9.17, 15) is 0 Å². The lowest BCUT2D eigenvalue weighted by atomic mass is 10.3. The van der Waals surface area contributed by atoms with Gasteiger partial charge in [0.2, 0.25) is 5.95 Å². The van der Waals surface area contributed by atoms with Crippen molar-refractivity contribution < 1.29 is 0 Å². The molecule has 86 valence electrons. The normalized spacial score (nSPS) is 10.6. The van der Waals surface area contributed by atoms with Crippen LogP contribution in [0.3, 0.4) is 0 Å². The lowest BCUT2D eigenvalue weighted by Crippen LogP contribution is -2.02. The van der Waals surface area contributed by atoms with E-state index in [0.717, 1.165) is 24.6 Å². The number of imidazole rings is 1. The van der Waals surface area contributed by atoms with Gasteiger partial charge in [0.15, 0.2) is 0 Å². The molecule has 16 heavy (non-hydrogen) atoms. The van der Waals surface area contributed by atoms with Crippen LogP contribution in [0.4, 0.5) is 11.6 Å². The van der Waals surface area contributed by atoms with Gasteiger partial charge < -0.3 is 9.88 Å². The van der Waals surface area contributed by atoms with Gasteiger partial charge in [0.1, 0.15) is 0 Å². The number of hydrogen-bond acceptors (Lipinski definition) is 3. The number of nitrogens with zero attached hydrogens (tertiary/aromatic N) is 4. The largest absolute Gasteiger partial charge is 0.323 e. The van der Waals surface area contributed by atoms with Crippen molar-refractivity contribution in [1.29, 1.82) is 0 Å². The first-order valence-electron chi connectivity index (χ1n) is 5.56. The molecule has 5 heteroatoms. The minimum absolute atomic E-state index is 0.876. The molecule has 2 aromatic heterocycles. The maximum Gasteiger partial charge on any atom is 0.207 e. The van der Waals surface area contributed by atoms with E-state index in [2.05, 4.69) is 26.9 Å². The Morgan fingerprint density at radius 2 is 2.31 bits per heavy atom. The summed E-state index contributed by atoms with van der Waals surface area (Å²) >= 11 is 0. The van der Waals surface area contributed by atoms with Crippen molar-refractivity contribution in [3.05, 3.63) is 24.8 Å². The molecule has 2 aromatic rings. The maximum atomic E-state index is 4.29. The van der Waals surface area contributed by atoms with Gasteiger partial charge >= 0.3 is 0 Å². The smallest absolute Gasteiger partial charge is 0.207 e. The standard InChI is InChI=1S/C11H17N5/c1-3-4-6-16-7-5-12-11(16)14-10-8-13-15(2)9-10/h5,7-9H,3-4,6H2,1-2H3,(H,12,14). The fraction of sp³-hybridized carbons (Fsp3) is 0.455. The molecule has 2 heterocycles. The zero-order valence-corrected chi connectivity index (χ0v) is 9.72. The third kappa shape index (κ3) is 2.42. The Bertz CT molecular complexity index is 443. The van der Waals surface area contributed by atoms with Gasteiger partial charge in [0.25, 0.3) is 0 Å². The molecule has 0 aromatic carbocycles. The molecule has 0 fully saturated rings. The number of anilines is 2. The second-order valence-electron chi connectivity index (χ2n) is 3.83. The fourth-order valence-corrected chi connectivity index (χ4v) is 1.56. The van der Waals surface area contributed by atoms with Gasteiger partial charge in [-0.3, -0.25) is 4.68 Å². The van der Waals surface area contributed by atoms with E-state index >= 15 is 0 Å². The molecular weight excluding hydrogens is 202 g/mol. The number of hydrogen-bond donors (Lipinski definition) is 1. The summed E-state index contributed by atoms with van der Waals surface area (Å²) in [6.07, 6.45) is 9.88. The fourth-order valence-electron chi connectivity index (χ4n) is 1.56. The minimum Gasteiger partial charge on any atom is -0.323 e. The molecule has 0 spiro atoms. The van der Waals surface area contributed by atoms with Gasteiger partial charge in [-0.1, -0.05) is 13.3 Å². The van der Waals surface area contributed by atoms with Crippen LogP contribution >= 0.6 is 0 Å². The summed E-state index contributed by atoms with van der Waals surface area (Å²) in [5, 5.41) is 7.36. The van der Waals surface area contributed by atoms with Crippen LogP contribution in [0.15, 0.2) is 24.8 Å². The van der Waals surface area contributed by atoms with Crippen LogP contribution in [-0.2, 0) is 13.6 Å². The van der Waals surface area contributed by atoms with E-state index < -0.39 is 0 Å². The first kappa shape index (κ1) is 10.7. The van der Waals surface area contributed by atoms with Crippen LogP contribution in [0.25, 0.3) is 0 Å². The molecule has 0 aliphatic heterocycles. The summed E-state index contributed by atoms with van der Waals surface area (Å²) < 4.78 is 3.89. The van der Waals surface area contributed by atoms with E-state index in [-0.39, 0.29) is 0 Å². The van der Waals surface area contributed by atoms with Crippen molar-refractivity contribution in [3.63, 3.8) is 0 Å².